The molecule has 0 bridgehead atoms. The molecule has 3 aromatic carbocycles. The summed E-state index contributed by atoms with van der Waals surface area (Å²) in [6.07, 6.45) is 0. The van der Waals surface area contributed by atoms with Crippen molar-refractivity contribution in [1.82, 2.24) is 4.90 Å². The monoisotopic (exact) mass is 413 g/mol. The van der Waals surface area contributed by atoms with Crippen LogP contribution >= 0.6 is 0 Å². The van der Waals surface area contributed by atoms with Gasteiger partial charge in [0, 0.05) is 11.1 Å². The first-order valence-electron chi connectivity index (χ1n) is 9.72. The number of esters is 1. The summed E-state index contributed by atoms with van der Waals surface area (Å²) in [7, 11) is 0. The van der Waals surface area contributed by atoms with Crippen LogP contribution in [-0.4, -0.2) is 35.2 Å². The highest BCUT2D eigenvalue weighted by atomic mass is 16.5. The number of fused-ring (bicyclic) bond motifs is 1. The second-order valence-corrected chi connectivity index (χ2v) is 7.32. The number of rotatable bonds is 5. The zero-order valence-corrected chi connectivity index (χ0v) is 17.0. The Morgan fingerprint density at radius 2 is 1.35 bits per heavy atom. The van der Waals surface area contributed by atoms with Gasteiger partial charge in [-0.05, 0) is 49.2 Å². The zero-order chi connectivity index (χ0) is 22.1. The van der Waals surface area contributed by atoms with E-state index in [0.717, 1.165) is 16.0 Å². The van der Waals surface area contributed by atoms with Crippen LogP contribution in [0.4, 0.5) is 0 Å². The predicted molar refractivity (Wildman–Crippen MR) is 113 cm³/mol. The van der Waals surface area contributed by atoms with E-state index in [-0.39, 0.29) is 28.0 Å². The number of aryl methyl sites for hydroxylation is 2. The molecule has 154 valence electrons. The summed E-state index contributed by atoms with van der Waals surface area (Å²) < 4.78 is 5.25. The Morgan fingerprint density at radius 1 is 0.774 bits per heavy atom. The lowest BCUT2D eigenvalue weighted by molar-refractivity contribution is 0.0226. The smallest absolute Gasteiger partial charge is 0.340 e. The topological polar surface area (TPSA) is 80.8 Å². The Balaban J connectivity index is 1.54. The van der Waals surface area contributed by atoms with E-state index in [9.17, 15) is 19.2 Å². The Morgan fingerprint density at radius 3 is 1.97 bits per heavy atom. The van der Waals surface area contributed by atoms with Gasteiger partial charge in [-0.15, -0.1) is 0 Å². The second-order valence-electron chi connectivity index (χ2n) is 7.32. The van der Waals surface area contributed by atoms with Crippen LogP contribution in [0.15, 0.2) is 66.7 Å². The minimum Gasteiger partial charge on any atom is -0.440 e. The van der Waals surface area contributed by atoms with E-state index >= 15 is 0 Å². The molecule has 1 aliphatic rings. The summed E-state index contributed by atoms with van der Waals surface area (Å²) in [5.74, 6) is -2.14. The molecule has 31 heavy (non-hydrogen) atoms. The highest BCUT2D eigenvalue weighted by molar-refractivity contribution is 6.21. The van der Waals surface area contributed by atoms with Crippen LogP contribution in [0.1, 0.15) is 58.1 Å². The maximum Gasteiger partial charge on any atom is 0.340 e. The van der Waals surface area contributed by atoms with Gasteiger partial charge in [-0.1, -0.05) is 42.5 Å². The molecule has 0 spiro atoms. The van der Waals surface area contributed by atoms with Crippen LogP contribution in [0.3, 0.4) is 0 Å². The third kappa shape index (κ3) is 3.64. The van der Waals surface area contributed by atoms with E-state index in [1.54, 1.807) is 54.6 Å². The van der Waals surface area contributed by atoms with E-state index in [1.165, 1.54) is 6.07 Å². The molecule has 4 rings (SSSR count). The summed E-state index contributed by atoms with van der Waals surface area (Å²) in [4.78, 5) is 51.5. The van der Waals surface area contributed by atoms with Gasteiger partial charge < -0.3 is 4.74 Å². The fraction of sp³-hybridized carbons (Fsp3) is 0.120. The minimum atomic E-state index is -0.788. The number of ketones is 1. The lowest BCUT2D eigenvalue weighted by Crippen LogP contribution is -2.33. The van der Waals surface area contributed by atoms with Gasteiger partial charge in [-0.3, -0.25) is 14.4 Å². The third-order valence-electron chi connectivity index (χ3n) is 5.36. The minimum absolute atomic E-state index is 0.0716. The van der Waals surface area contributed by atoms with Crippen LogP contribution in [-0.2, 0) is 4.74 Å². The fourth-order valence-corrected chi connectivity index (χ4v) is 3.45. The summed E-state index contributed by atoms with van der Waals surface area (Å²) in [5, 5.41) is 0. The van der Waals surface area contributed by atoms with Crippen LogP contribution in [0, 0.1) is 13.8 Å². The number of nitrogens with zero attached hydrogens (tertiary/aromatic N) is 1. The Labute approximate surface area is 179 Å². The molecule has 6 heteroatoms. The maximum atomic E-state index is 13.0. The molecule has 6 nitrogen and oxygen atoms in total. The summed E-state index contributed by atoms with van der Waals surface area (Å²) in [5.41, 5.74) is 3.30. The van der Waals surface area contributed by atoms with Crippen LogP contribution in [0.2, 0.25) is 0 Å². The summed E-state index contributed by atoms with van der Waals surface area (Å²) in [6.45, 7) is 3.33. The predicted octanol–water partition coefficient (Wildman–Crippen LogP) is 3.94. The lowest BCUT2D eigenvalue weighted by atomic mass is 9.96. The zero-order valence-electron chi connectivity index (χ0n) is 17.0. The molecule has 0 atom stereocenters. The first kappa shape index (κ1) is 20.2. The Hall–Kier alpha value is -4.06. The van der Waals surface area contributed by atoms with Gasteiger partial charge >= 0.3 is 5.97 Å². The van der Waals surface area contributed by atoms with Crippen molar-refractivity contribution in [3.8, 4) is 0 Å². The van der Waals surface area contributed by atoms with Crippen molar-refractivity contribution >= 4 is 23.6 Å². The largest absolute Gasteiger partial charge is 0.440 e. The number of carbonyl (C=O) groups is 4. The third-order valence-corrected chi connectivity index (χ3v) is 5.36. The molecule has 0 fully saturated rings. The molecule has 2 amide bonds. The van der Waals surface area contributed by atoms with Gasteiger partial charge in [-0.25, -0.2) is 9.69 Å². The van der Waals surface area contributed by atoms with E-state index < -0.39 is 24.5 Å². The number of benzene rings is 3. The molecule has 3 aromatic rings. The average molecular weight is 413 g/mol. The SMILES string of the molecule is Cc1ccc(C(=O)c2ccccc2C(=O)OCN2C(=O)c3ccccc3C2=O)cc1C. The van der Waals surface area contributed by atoms with Gasteiger partial charge in [0.2, 0.25) is 0 Å². The molecule has 1 aliphatic heterocycles. The van der Waals surface area contributed by atoms with Crippen LogP contribution < -0.4 is 0 Å². The van der Waals surface area contributed by atoms with E-state index in [0.29, 0.717) is 5.56 Å². The summed E-state index contributed by atoms with van der Waals surface area (Å²) >= 11 is 0. The van der Waals surface area contributed by atoms with Gasteiger partial charge in [0.15, 0.2) is 12.5 Å². The first-order chi connectivity index (χ1) is 14.9. The maximum absolute atomic E-state index is 13.0. The number of carbonyl (C=O) groups excluding carboxylic acids is 4. The molecule has 0 radical (unpaired) electrons. The number of ether oxygens (including phenoxy) is 1. The van der Waals surface area contributed by atoms with Gasteiger partial charge in [0.1, 0.15) is 0 Å². The van der Waals surface area contributed by atoms with Gasteiger partial charge in [0.05, 0.1) is 16.7 Å². The number of hydrogen-bond donors (Lipinski definition) is 0. The lowest BCUT2D eigenvalue weighted by Gasteiger charge is -2.15. The molecule has 0 aromatic heterocycles. The van der Waals surface area contributed by atoms with Crippen molar-refractivity contribution in [1.29, 1.82) is 0 Å². The van der Waals surface area contributed by atoms with E-state index in [4.69, 9.17) is 4.74 Å². The van der Waals surface area contributed by atoms with Crippen molar-refractivity contribution < 1.29 is 23.9 Å². The number of imide groups is 1. The standard InChI is InChI=1S/C25H19NO5/c1-15-11-12-17(13-16(15)2)22(27)18-7-3-6-10-21(18)25(30)31-14-26-23(28)19-8-4-5-9-20(19)24(26)29/h3-13H,14H2,1-2H3. The molecular formula is C25H19NO5. The Bertz CT molecular complexity index is 1210. The molecule has 0 aliphatic carbocycles. The fourth-order valence-electron chi connectivity index (χ4n) is 3.45. The average Bonchev–Trinajstić information content (AvgIpc) is 3.03. The van der Waals surface area contributed by atoms with Crippen molar-refractivity contribution in [2.75, 3.05) is 6.73 Å². The molecule has 0 N–H and O–H groups in total. The summed E-state index contributed by atoms with van der Waals surface area (Å²) in [6, 6.07) is 18.1. The molecular weight excluding hydrogens is 394 g/mol. The molecule has 0 saturated carbocycles. The van der Waals surface area contributed by atoms with Crippen molar-refractivity contribution in [3.63, 3.8) is 0 Å². The molecule has 1 heterocycles. The van der Waals surface area contributed by atoms with Crippen molar-refractivity contribution in [2.45, 2.75) is 13.8 Å². The van der Waals surface area contributed by atoms with E-state index in [1.807, 2.05) is 19.9 Å². The van der Waals surface area contributed by atoms with E-state index in [2.05, 4.69) is 0 Å². The number of amides is 2. The first-order valence-corrected chi connectivity index (χ1v) is 9.72. The second kappa shape index (κ2) is 7.99. The van der Waals surface area contributed by atoms with Crippen molar-refractivity contribution in [3.05, 3.63) is 106 Å². The molecule has 0 saturated heterocycles. The van der Waals surface area contributed by atoms with Gasteiger partial charge in [0.25, 0.3) is 11.8 Å². The van der Waals surface area contributed by atoms with Crippen LogP contribution in [0.5, 0.6) is 0 Å². The van der Waals surface area contributed by atoms with Crippen molar-refractivity contribution in [2.24, 2.45) is 0 Å². The molecule has 0 unspecified atom stereocenters. The number of hydrogen-bond acceptors (Lipinski definition) is 5. The highest BCUT2D eigenvalue weighted by Gasteiger charge is 2.36. The quantitative estimate of drug-likeness (QED) is 0.360. The van der Waals surface area contributed by atoms with Gasteiger partial charge in [-0.2, -0.15) is 0 Å². The Kier molecular flexibility index (Phi) is 5.21. The van der Waals surface area contributed by atoms with Crippen LogP contribution in [0.25, 0.3) is 0 Å². The normalized spacial score (nSPS) is 12.6. The highest BCUT2D eigenvalue weighted by Crippen LogP contribution is 2.23.